The van der Waals surface area contributed by atoms with Crippen LogP contribution < -0.4 is 15.4 Å². The number of amides is 2. The van der Waals surface area contributed by atoms with Gasteiger partial charge in [-0.3, -0.25) is 9.59 Å². The first kappa shape index (κ1) is 17.4. The van der Waals surface area contributed by atoms with Crippen molar-refractivity contribution in [1.29, 1.82) is 0 Å². The van der Waals surface area contributed by atoms with Gasteiger partial charge >= 0.3 is 0 Å². The summed E-state index contributed by atoms with van der Waals surface area (Å²) < 4.78 is 5.82. The minimum Gasteiger partial charge on any atom is -0.454 e. The molecule has 0 saturated carbocycles. The van der Waals surface area contributed by atoms with Crippen LogP contribution in [-0.2, 0) is 0 Å². The topological polar surface area (TPSA) is 67.4 Å². The molecule has 134 valence electrons. The number of benzene rings is 3. The molecule has 7 heteroatoms. The maximum absolute atomic E-state index is 12.6. The number of halogens is 2. The van der Waals surface area contributed by atoms with Crippen LogP contribution in [-0.4, -0.2) is 11.8 Å². The van der Waals surface area contributed by atoms with Crippen molar-refractivity contribution in [2.45, 2.75) is 0 Å². The Morgan fingerprint density at radius 2 is 1.74 bits per heavy atom. The average Bonchev–Trinajstić information content (AvgIpc) is 2.78. The number of carbonyl (C=O) groups excluding carboxylic acids is 2. The Morgan fingerprint density at radius 3 is 2.56 bits per heavy atom. The third-order valence-corrected chi connectivity index (χ3v) is 4.57. The Kier molecular flexibility index (Phi) is 4.48. The smallest absolute Gasteiger partial charge is 0.259 e. The summed E-state index contributed by atoms with van der Waals surface area (Å²) in [6.07, 6.45) is 0. The summed E-state index contributed by atoms with van der Waals surface area (Å²) in [5.74, 6) is 0.133. The van der Waals surface area contributed by atoms with E-state index in [1.807, 2.05) is 0 Å². The fourth-order valence-electron chi connectivity index (χ4n) is 2.71. The molecule has 1 aliphatic heterocycles. The van der Waals surface area contributed by atoms with Gasteiger partial charge in [0.15, 0.2) is 5.75 Å². The molecule has 0 saturated heterocycles. The van der Waals surface area contributed by atoms with E-state index in [2.05, 4.69) is 10.6 Å². The van der Waals surface area contributed by atoms with Crippen molar-refractivity contribution in [3.8, 4) is 11.5 Å². The number of ether oxygens (including phenoxy) is 1. The number of anilines is 2. The van der Waals surface area contributed by atoms with Crippen LogP contribution in [0.25, 0.3) is 0 Å². The van der Waals surface area contributed by atoms with Gasteiger partial charge in [-0.2, -0.15) is 0 Å². The van der Waals surface area contributed by atoms with Crippen LogP contribution in [0.3, 0.4) is 0 Å². The van der Waals surface area contributed by atoms with Crippen LogP contribution in [0.2, 0.25) is 10.0 Å². The first-order chi connectivity index (χ1) is 13.0. The van der Waals surface area contributed by atoms with Crippen LogP contribution in [0.15, 0.2) is 60.7 Å². The summed E-state index contributed by atoms with van der Waals surface area (Å²) >= 11 is 12.0. The van der Waals surface area contributed by atoms with E-state index in [0.717, 1.165) is 0 Å². The maximum atomic E-state index is 12.6. The number of nitrogens with one attached hydrogen (secondary N) is 2. The predicted molar refractivity (Wildman–Crippen MR) is 105 cm³/mol. The van der Waals surface area contributed by atoms with E-state index in [4.69, 9.17) is 27.9 Å². The second-order valence-corrected chi connectivity index (χ2v) is 6.69. The summed E-state index contributed by atoms with van der Waals surface area (Å²) in [6.45, 7) is 0. The van der Waals surface area contributed by atoms with Crippen molar-refractivity contribution in [2.24, 2.45) is 0 Å². The summed E-state index contributed by atoms with van der Waals surface area (Å²) in [4.78, 5) is 25.0. The number of carbonyl (C=O) groups is 2. The highest BCUT2D eigenvalue weighted by Crippen LogP contribution is 2.38. The Bertz CT molecular complexity index is 1080. The molecular formula is C20H12Cl2N2O3. The molecular weight excluding hydrogens is 387 g/mol. The van der Waals surface area contributed by atoms with Crippen LogP contribution in [0.1, 0.15) is 20.7 Å². The molecule has 0 fully saturated rings. The summed E-state index contributed by atoms with van der Waals surface area (Å²) in [5, 5.41) is 6.33. The molecule has 2 amide bonds. The molecule has 1 heterocycles. The zero-order valence-electron chi connectivity index (χ0n) is 13.8. The molecule has 0 aliphatic carbocycles. The fraction of sp³-hybridized carbons (Fsp3) is 0. The Balaban J connectivity index is 1.64. The van der Waals surface area contributed by atoms with Gasteiger partial charge in [0.2, 0.25) is 0 Å². The normalized spacial score (nSPS) is 12.1. The highest BCUT2D eigenvalue weighted by Gasteiger charge is 2.22. The monoisotopic (exact) mass is 398 g/mol. The highest BCUT2D eigenvalue weighted by atomic mass is 35.5. The molecule has 0 atom stereocenters. The van der Waals surface area contributed by atoms with Crippen molar-refractivity contribution in [3.05, 3.63) is 81.8 Å². The molecule has 0 spiro atoms. The lowest BCUT2D eigenvalue weighted by atomic mass is 10.1. The van der Waals surface area contributed by atoms with E-state index in [9.17, 15) is 9.59 Å². The third kappa shape index (κ3) is 3.47. The molecule has 4 rings (SSSR count). The molecule has 0 bridgehead atoms. The second kappa shape index (κ2) is 6.95. The first-order valence-corrected chi connectivity index (χ1v) is 8.75. The van der Waals surface area contributed by atoms with Gasteiger partial charge in [-0.1, -0.05) is 35.3 Å². The molecule has 5 nitrogen and oxygen atoms in total. The van der Waals surface area contributed by atoms with Gasteiger partial charge < -0.3 is 15.4 Å². The lowest BCUT2D eigenvalue weighted by Gasteiger charge is -2.10. The van der Waals surface area contributed by atoms with Gasteiger partial charge in [-0.15, -0.1) is 0 Å². The van der Waals surface area contributed by atoms with Crippen LogP contribution >= 0.6 is 23.2 Å². The highest BCUT2D eigenvalue weighted by molar-refractivity contribution is 6.34. The third-order valence-electron chi connectivity index (χ3n) is 4.01. The fourth-order valence-corrected chi connectivity index (χ4v) is 3.11. The first-order valence-electron chi connectivity index (χ1n) is 8.00. The van der Waals surface area contributed by atoms with Crippen molar-refractivity contribution < 1.29 is 14.3 Å². The molecule has 1 aliphatic rings. The van der Waals surface area contributed by atoms with Gasteiger partial charge in [0.1, 0.15) is 5.75 Å². The molecule has 27 heavy (non-hydrogen) atoms. The number of fused-ring (bicyclic) bond motifs is 2. The van der Waals surface area contributed by atoms with E-state index in [-0.39, 0.29) is 11.8 Å². The molecule has 3 aromatic carbocycles. The average molecular weight is 399 g/mol. The SMILES string of the molecule is O=C(Nc1ccc2c(c1)C(=O)Nc1cc(Cl)ccc1O2)c1ccccc1Cl. The van der Waals surface area contributed by atoms with Gasteiger partial charge in [-0.05, 0) is 48.5 Å². The minimum atomic E-state index is -0.370. The Labute approximate surface area is 164 Å². The van der Waals surface area contributed by atoms with Crippen LogP contribution in [0.4, 0.5) is 11.4 Å². The summed E-state index contributed by atoms with van der Waals surface area (Å²) in [7, 11) is 0. The van der Waals surface area contributed by atoms with Gasteiger partial charge in [0, 0.05) is 10.7 Å². The van der Waals surface area contributed by atoms with Gasteiger partial charge in [-0.25, -0.2) is 0 Å². The molecule has 2 N–H and O–H groups in total. The Morgan fingerprint density at radius 1 is 0.963 bits per heavy atom. The second-order valence-electron chi connectivity index (χ2n) is 5.84. The van der Waals surface area contributed by atoms with E-state index in [1.54, 1.807) is 60.7 Å². The van der Waals surface area contributed by atoms with Crippen molar-refractivity contribution in [1.82, 2.24) is 0 Å². The van der Waals surface area contributed by atoms with Crippen molar-refractivity contribution in [2.75, 3.05) is 10.6 Å². The Hall–Kier alpha value is -3.02. The summed E-state index contributed by atoms with van der Waals surface area (Å²) in [5.41, 5.74) is 1.56. The zero-order chi connectivity index (χ0) is 19.0. The standard InChI is InChI=1S/C20H12Cl2N2O3/c21-11-5-7-18-16(9-11)24-20(26)14-10-12(6-8-17(14)27-18)23-19(25)13-3-1-2-4-15(13)22/h1-10H,(H,23,25)(H,24,26). The van der Waals surface area contributed by atoms with Crippen LogP contribution in [0, 0.1) is 0 Å². The maximum Gasteiger partial charge on any atom is 0.259 e. The molecule has 0 aromatic heterocycles. The van der Waals surface area contributed by atoms with E-state index < -0.39 is 0 Å². The van der Waals surface area contributed by atoms with Gasteiger partial charge in [0.05, 0.1) is 21.8 Å². The zero-order valence-corrected chi connectivity index (χ0v) is 15.3. The van der Waals surface area contributed by atoms with Crippen LogP contribution in [0.5, 0.6) is 11.5 Å². The predicted octanol–water partition coefficient (Wildman–Crippen LogP) is 5.60. The molecule has 0 radical (unpaired) electrons. The van der Waals surface area contributed by atoms with Gasteiger partial charge in [0.25, 0.3) is 11.8 Å². The number of hydrogen-bond donors (Lipinski definition) is 2. The van der Waals surface area contributed by atoms with E-state index in [0.29, 0.717) is 44.0 Å². The lowest BCUT2D eigenvalue weighted by molar-refractivity contribution is 0.101. The number of hydrogen-bond acceptors (Lipinski definition) is 3. The van der Waals surface area contributed by atoms with Crippen molar-refractivity contribution in [3.63, 3.8) is 0 Å². The van der Waals surface area contributed by atoms with E-state index in [1.165, 1.54) is 0 Å². The van der Waals surface area contributed by atoms with Crippen molar-refractivity contribution >= 4 is 46.4 Å². The lowest BCUT2D eigenvalue weighted by Crippen LogP contribution is -2.14. The number of rotatable bonds is 2. The quantitative estimate of drug-likeness (QED) is 0.589. The summed E-state index contributed by atoms with van der Waals surface area (Å²) in [6, 6.07) is 16.5. The molecule has 0 unspecified atom stereocenters. The van der Waals surface area contributed by atoms with E-state index >= 15 is 0 Å². The largest absolute Gasteiger partial charge is 0.454 e. The minimum absolute atomic E-state index is 0.291. The molecule has 3 aromatic rings.